The van der Waals surface area contributed by atoms with Gasteiger partial charge in [0.05, 0.1) is 7.11 Å². The number of ether oxygens (including phenoxy) is 1. The van der Waals surface area contributed by atoms with Gasteiger partial charge < -0.3 is 20.3 Å². The van der Waals surface area contributed by atoms with E-state index in [1.54, 1.807) is 14.0 Å². The molecule has 2 aromatic rings. The minimum atomic E-state index is -0.191. The quantitative estimate of drug-likeness (QED) is 0.637. The Kier molecular flexibility index (Phi) is 8.29. The summed E-state index contributed by atoms with van der Waals surface area (Å²) in [5, 5.41) is 5.79. The summed E-state index contributed by atoms with van der Waals surface area (Å²) in [6.07, 6.45) is 1.95. The van der Waals surface area contributed by atoms with Crippen molar-refractivity contribution in [3.63, 3.8) is 0 Å². The largest absolute Gasteiger partial charge is 0.497 e. The average Bonchev–Trinajstić information content (AvgIpc) is 2.79. The summed E-state index contributed by atoms with van der Waals surface area (Å²) >= 11 is 0. The number of amides is 3. The van der Waals surface area contributed by atoms with Gasteiger partial charge >= 0.3 is 6.03 Å². The summed E-state index contributed by atoms with van der Waals surface area (Å²) in [6.45, 7) is 6.75. The van der Waals surface area contributed by atoms with Crippen molar-refractivity contribution in [2.24, 2.45) is 0 Å². The zero-order valence-electron chi connectivity index (χ0n) is 18.4. The van der Waals surface area contributed by atoms with Gasteiger partial charge in [0.1, 0.15) is 5.75 Å². The van der Waals surface area contributed by atoms with Gasteiger partial charge in [-0.15, -0.1) is 0 Å². The van der Waals surface area contributed by atoms with E-state index >= 15 is 0 Å². The maximum Gasteiger partial charge on any atom is 0.319 e. The molecule has 0 saturated carbocycles. The molecule has 1 aliphatic heterocycles. The molecular formula is C24H32N4O3. The molecule has 0 unspecified atom stereocenters. The van der Waals surface area contributed by atoms with Crippen molar-refractivity contribution in [1.82, 2.24) is 15.1 Å². The molecule has 7 nitrogen and oxygen atoms in total. The number of anilines is 1. The van der Waals surface area contributed by atoms with E-state index in [1.807, 2.05) is 53.4 Å². The maximum atomic E-state index is 12.1. The van der Waals surface area contributed by atoms with Gasteiger partial charge in [-0.2, -0.15) is 0 Å². The van der Waals surface area contributed by atoms with Crippen molar-refractivity contribution in [1.29, 1.82) is 0 Å². The molecule has 0 radical (unpaired) electrons. The Balaban J connectivity index is 1.33. The molecule has 31 heavy (non-hydrogen) atoms. The van der Waals surface area contributed by atoms with E-state index in [1.165, 1.54) is 0 Å². The Morgan fingerprint density at radius 1 is 0.968 bits per heavy atom. The lowest BCUT2D eigenvalue weighted by Crippen LogP contribution is -2.48. The molecule has 0 spiro atoms. The highest BCUT2D eigenvalue weighted by Crippen LogP contribution is 2.25. The van der Waals surface area contributed by atoms with Gasteiger partial charge in [-0.05, 0) is 54.8 Å². The maximum absolute atomic E-state index is 12.1. The van der Waals surface area contributed by atoms with Crippen LogP contribution in [-0.4, -0.2) is 68.1 Å². The zero-order chi connectivity index (χ0) is 22.1. The predicted molar refractivity (Wildman–Crippen MR) is 123 cm³/mol. The monoisotopic (exact) mass is 424 g/mol. The van der Waals surface area contributed by atoms with Crippen molar-refractivity contribution in [2.45, 2.75) is 19.8 Å². The number of nitrogens with one attached hydrogen (secondary N) is 2. The predicted octanol–water partition coefficient (Wildman–Crippen LogP) is 3.43. The van der Waals surface area contributed by atoms with E-state index in [9.17, 15) is 9.59 Å². The molecule has 3 amide bonds. The van der Waals surface area contributed by atoms with Crippen LogP contribution in [0, 0.1) is 0 Å². The van der Waals surface area contributed by atoms with Crippen molar-refractivity contribution in [3.05, 3.63) is 48.5 Å². The Bertz CT molecular complexity index is 861. The number of methoxy groups -OCH3 is 1. The Labute approximate surface area is 184 Å². The molecule has 0 bridgehead atoms. The van der Waals surface area contributed by atoms with Gasteiger partial charge in [0, 0.05) is 45.3 Å². The summed E-state index contributed by atoms with van der Waals surface area (Å²) in [5.41, 5.74) is 2.89. The smallest absolute Gasteiger partial charge is 0.319 e. The lowest BCUT2D eigenvalue weighted by Gasteiger charge is -2.34. The van der Waals surface area contributed by atoms with Gasteiger partial charge in [0.15, 0.2) is 0 Å². The number of piperazine rings is 1. The second-order valence-corrected chi connectivity index (χ2v) is 7.75. The van der Waals surface area contributed by atoms with Crippen LogP contribution in [0.1, 0.15) is 19.8 Å². The van der Waals surface area contributed by atoms with Crippen LogP contribution in [0.25, 0.3) is 11.1 Å². The number of carbonyl (C=O) groups excluding carboxylic acids is 2. The second kappa shape index (κ2) is 11.4. The van der Waals surface area contributed by atoms with Crippen molar-refractivity contribution in [2.75, 3.05) is 51.7 Å². The third kappa shape index (κ3) is 7.00. The fraction of sp³-hybridized carbons (Fsp3) is 0.417. The van der Waals surface area contributed by atoms with E-state index in [0.717, 1.165) is 68.1 Å². The molecule has 166 valence electrons. The SMILES string of the molecule is COc1cccc(-c2ccc(NC(=O)NCCCCN3CCN(C(C)=O)CC3)cc2)c1. The van der Waals surface area contributed by atoms with Gasteiger partial charge in [-0.1, -0.05) is 24.3 Å². The van der Waals surface area contributed by atoms with E-state index < -0.39 is 0 Å². The van der Waals surface area contributed by atoms with Gasteiger partial charge in [0.2, 0.25) is 5.91 Å². The third-order valence-corrected chi connectivity index (χ3v) is 5.55. The number of hydrogen-bond donors (Lipinski definition) is 2. The Morgan fingerprint density at radius 3 is 2.39 bits per heavy atom. The van der Waals surface area contributed by atoms with E-state index in [4.69, 9.17) is 4.74 Å². The van der Waals surface area contributed by atoms with Gasteiger partial charge in [-0.3, -0.25) is 9.69 Å². The minimum Gasteiger partial charge on any atom is -0.497 e. The molecule has 1 aliphatic rings. The van der Waals surface area contributed by atoms with Gasteiger partial charge in [0.25, 0.3) is 0 Å². The van der Waals surface area contributed by atoms with Crippen LogP contribution in [0.2, 0.25) is 0 Å². The van der Waals surface area contributed by atoms with Crippen LogP contribution in [-0.2, 0) is 4.79 Å². The topological polar surface area (TPSA) is 73.9 Å². The molecule has 1 heterocycles. The average molecular weight is 425 g/mol. The molecule has 3 rings (SSSR count). The van der Waals surface area contributed by atoms with Crippen molar-refractivity contribution >= 4 is 17.6 Å². The first-order chi connectivity index (χ1) is 15.0. The highest BCUT2D eigenvalue weighted by atomic mass is 16.5. The summed E-state index contributed by atoms with van der Waals surface area (Å²) in [7, 11) is 1.65. The van der Waals surface area contributed by atoms with E-state index in [2.05, 4.69) is 15.5 Å². The van der Waals surface area contributed by atoms with Crippen LogP contribution in [0.15, 0.2) is 48.5 Å². The standard InChI is InChI=1S/C24H32N4O3/c1-19(29)28-16-14-27(15-17-28)13-4-3-12-25-24(30)26-22-10-8-20(9-11-22)21-6-5-7-23(18-21)31-2/h5-11,18H,3-4,12-17H2,1-2H3,(H2,25,26,30). The Morgan fingerprint density at radius 2 is 1.71 bits per heavy atom. The number of hydrogen-bond acceptors (Lipinski definition) is 4. The molecule has 2 N–H and O–H groups in total. The number of unbranched alkanes of at least 4 members (excludes halogenated alkanes) is 1. The van der Waals surface area contributed by atoms with Crippen molar-refractivity contribution < 1.29 is 14.3 Å². The number of rotatable bonds is 8. The molecule has 0 aliphatic carbocycles. The molecule has 1 fully saturated rings. The first kappa shape index (κ1) is 22.6. The molecule has 1 saturated heterocycles. The van der Waals surface area contributed by atoms with Crippen LogP contribution in [0.5, 0.6) is 5.75 Å². The highest BCUT2D eigenvalue weighted by Gasteiger charge is 2.17. The zero-order valence-corrected chi connectivity index (χ0v) is 18.4. The van der Waals surface area contributed by atoms with Gasteiger partial charge in [-0.25, -0.2) is 4.79 Å². The molecule has 2 aromatic carbocycles. The molecule has 7 heteroatoms. The first-order valence-electron chi connectivity index (χ1n) is 10.8. The number of nitrogens with zero attached hydrogens (tertiary/aromatic N) is 2. The number of carbonyl (C=O) groups is 2. The first-order valence-corrected chi connectivity index (χ1v) is 10.8. The summed E-state index contributed by atoms with van der Waals surface area (Å²) in [4.78, 5) is 27.8. The fourth-order valence-corrected chi connectivity index (χ4v) is 3.67. The van der Waals surface area contributed by atoms with E-state index in [-0.39, 0.29) is 11.9 Å². The third-order valence-electron chi connectivity index (χ3n) is 5.55. The fourth-order valence-electron chi connectivity index (χ4n) is 3.67. The van der Waals surface area contributed by atoms with Crippen LogP contribution < -0.4 is 15.4 Å². The van der Waals surface area contributed by atoms with Crippen LogP contribution in [0.3, 0.4) is 0 Å². The Hall–Kier alpha value is -3.06. The summed E-state index contributed by atoms with van der Waals surface area (Å²) < 4.78 is 5.27. The van der Waals surface area contributed by atoms with Crippen LogP contribution >= 0.6 is 0 Å². The molecular weight excluding hydrogens is 392 g/mol. The van der Waals surface area contributed by atoms with E-state index in [0.29, 0.717) is 6.54 Å². The second-order valence-electron chi connectivity index (χ2n) is 7.75. The summed E-state index contributed by atoms with van der Waals surface area (Å²) in [6, 6.07) is 15.5. The lowest BCUT2D eigenvalue weighted by molar-refractivity contribution is -0.130. The lowest BCUT2D eigenvalue weighted by atomic mass is 10.1. The highest BCUT2D eigenvalue weighted by molar-refractivity contribution is 5.89. The summed E-state index contributed by atoms with van der Waals surface area (Å²) in [5.74, 6) is 0.974. The number of benzene rings is 2. The normalized spacial score (nSPS) is 14.2. The molecule has 0 aromatic heterocycles. The van der Waals surface area contributed by atoms with Crippen molar-refractivity contribution in [3.8, 4) is 16.9 Å². The van der Waals surface area contributed by atoms with Crippen LogP contribution in [0.4, 0.5) is 10.5 Å². The minimum absolute atomic E-state index is 0.157. The number of urea groups is 1. The molecule has 0 atom stereocenters.